The first-order chi connectivity index (χ1) is 9.80. The van der Waals surface area contributed by atoms with E-state index in [-0.39, 0.29) is 6.54 Å². The molecular formula is C15H15Cl2NO2S. The second-order valence-corrected chi connectivity index (χ2v) is 7.69. The minimum Gasteiger partial charge on any atom is -0.207 e. The third-order valence-corrected chi connectivity index (χ3v) is 5.51. The molecule has 0 unspecified atom stereocenters. The summed E-state index contributed by atoms with van der Waals surface area (Å²) in [6.45, 7) is 1.98. The highest BCUT2D eigenvalue weighted by Crippen LogP contribution is 2.23. The number of benzene rings is 2. The molecule has 0 aliphatic carbocycles. The predicted octanol–water partition coefficient (Wildman–Crippen LogP) is 4.12. The summed E-state index contributed by atoms with van der Waals surface area (Å²) >= 11 is 11.9. The molecule has 0 radical (unpaired) electrons. The van der Waals surface area contributed by atoms with E-state index in [1.165, 1.54) is 11.4 Å². The maximum Gasteiger partial charge on any atom is 0.243 e. The Bertz CT molecular complexity index is 740. The summed E-state index contributed by atoms with van der Waals surface area (Å²) in [5.74, 6) is 0. The van der Waals surface area contributed by atoms with Gasteiger partial charge in [0.2, 0.25) is 10.0 Å². The third kappa shape index (κ3) is 3.77. The smallest absolute Gasteiger partial charge is 0.207 e. The largest absolute Gasteiger partial charge is 0.243 e. The van der Waals surface area contributed by atoms with Crippen molar-refractivity contribution in [1.29, 1.82) is 0 Å². The molecule has 0 N–H and O–H groups in total. The van der Waals surface area contributed by atoms with Crippen molar-refractivity contribution in [2.24, 2.45) is 0 Å². The number of halogens is 2. The molecule has 0 fully saturated rings. The Morgan fingerprint density at radius 2 is 1.62 bits per heavy atom. The van der Waals surface area contributed by atoms with E-state index >= 15 is 0 Å². The first-order valence-electron chi connectivity index (χ1n) is 6.27. The van der Waals surface area contributed by atoms with Gasteiger partial charge in [-0.2, -0.15) is 4.31 Å². The molecule has 6 heteroatoms. The van der Waals surface area contributed by atoms with Gasteiger partial charge in [-0.3, -0.25) is 0 Å². The van der Waals surface area contributed by atoms with Crippen LogP contribution >= 0.6 is 23.2 Å². The number of aryl methyl sites for hydroxylation is 1. The van der Waals surface area contributed by atoms with Crippen molar-refractivity contribution >= 4 is 33.2 Å². The Morgan fingerprint density at radius 1 is 1.05 bits per heavy atom. The minimum atomic E-state index is -3.55. The van der Waals surface area contributed by atoms with Crippen LogP contribution in [0.5, 0.6) is 0 Å². The third-order valence-electron chi connectivity index (χ3n) is 3.11. The molecule has 0 spiro atoms. The molecule has 21 heavy (non-hydrogen) atoms. The Hall–Kier alpha value is -1.07. The van der Waals surface area contributed by atoms with Gasteiger partial charge in [-0.15, -0.1) is 0 Å². The van der Waals surface area contributed by atoms with E-state index in [0.717, 1.165) is 5.56 Å². The summed E-state index contributed by atoms with van der Waals surface area (Å²) in [6, 6.07) is 11.9. The SMILES string of the molecule is Cc1ccccc1S(=O)(=O)N(C)Cc1cc(Cl)cc(Cl)c1. The van der Waals surface area contributed by atoms with Crippen LogP contribution in [0, 0.1) is 6.92 Å². The van der Waals surface area contributed by atoms with Gasteiger partial charge in [0.05, 0.1) is 4.90 Å². The Kier molecular flexibility index (Phi) is 4.94. The van der Waals surface area contributed by atoms with Crippen molar-refractivity contribution in [3.63, 3.8) is 0 Å². The van der Waals surface area contributed by atoms with E-state index in [9.17, 15) is 8.42 Å². The molecule has 0 bridgehead atoms. The van der Waals surface area contributed by atoms with Crippen molar-refractivity contribution in [3.05, 3.63) is 63.6 Å². The molecule has 2 aromatic carbocycles. The molecule has 0 aliphatic rings. The summed E-state index contributed by atoms with van der Waals surface area (Å²) in [5, 5.41) is 0.971. The number of hydrogen-bond acceptors (Lipinski definition) is 2. The number of sulfonamides is 1. The molecule has 2 aromatic rings. The zero-order valence-corrected chi connectivity index (χ0v) is 14.0. The molecule has 3 nitrogen and oxygen atoms in total. The monoisotopic (exact) mass is 343 g/mol. The molecule has 2 rings (SSSR count). The van der Waals surface area contributed by atoms with E-state index in [1.807, 2.05) is 6.07 Å². The van der Waals surface area contributed by atoms with E-state index < -0.39 is 10.0 Å². The van der Waals surface area contributed by atoms with Gasteiger partial charge in [0.15, 0.2) is 0 Å². The van der Waals surface area contributed by atoms with Crippen molar-refractivity contribution in [1.82, 2.24) is 4.31 Å². The van der Waals surface area contributed by atoms with Gasteiger partial charge in [0.25, 0.3) is 0 Å². The molecule has 0 aromatic heterocycles. The lowest BCUT2D eigenvalue weighted by Gasteiger charge is -2.19. The second-order valence-electron chi connectivity index (χ2n) is 4.80. The molecule has 0 saturated carbocycles. The van der Waals surface area contributed by atoms with Crippen molar-refractivity contribution in [2.45, 2.75) is 18.4 Å². The Morgan fingerprint density at radius 3 is 2.19 bits per heavy atom. The first-order valence-corrected chi connectivity index (χ1v) is 8.47. The molecule has 112 valence electrons. The van der Waals surface area contributed by atoms with Crippen LogP contribution in [0.3, 0.4) is 0 Å². The van der Waals surface area contributed by atoms with E-state index in [0.29, 0.717) is 20.5 Å². The lowest BCUT2D eigenvalue weighted by atomic mass is 10.2. The molecule has 0 heterocycles. The van der Waals surface area contributed by atoms with Crippen molar-refractivity contribution in [2.75, 3.05) is 7.05 Å². The van der Waals surface area contributed by atoms with Crippen LogP contribution in [0.4, 0.5) is 0 Å². The second kappa shape index (κ2) is 6.36. The highest BCUT2D eigenvalue weighted by molar-refractivity contribution is 7.89. The zero-order valence-electron chi connectivity index (χ0n) is 11.7. The summed E-state index contributed by atoms with van der Waals surface area (Å²) in [6.07, 6.45) is 0. The lowest BCUT2D eigenvalue weighted by Crippen LogP contribution is -2.27. The van der Waals surface area contributed by atoms with Gasteiger partial charge in [0, 0.05) is 23.6 Å². The van der Waals surface area contributed by atoms with Crippen LogP contribution in [-0.4, -0.2) is 19.8 Å². The highest BCUT2D eigenvalue weighted by atomic mass is 35.5. The molecule has 0 atom stereocenters. The molecule has 0 aliphatic heterocycles. The average Bonchev–Trinajstić information content (AvgIpc) is 2.37. The standard InChI is InChI=1S/C15H15Cl2NO2S/c1-11-5-3-4-6-15(11)21(19,20)18(2)10-12-7-13(16)9-14(17)8-12/h3-9H,10H2,1-2H3. The van der Waals surface area contributed by atoms with Crippen LogP contribution in [0.1, 0.15) is 11.1 Å². The van der Waals surface area contributed by atoms with Crippen LogP contribution in [0.15, 0.2) is 47.4 Å². The van der Waals surface area contributed by atoms with E-state index in [1.54, 1.807) is 43.3 Å². The minimum absolute atomic E-state index is 0.205. The highest BCUT2D eigenvalue weighted by Gasteiger charge is 2.22. The number of rotatable bonds is 4. The average molecular weight is 344 g/mol. The summed E-state index contributed by atoms with van der Waals surface area (Å²) in [5.41, 5.74) is 1.46. The van der Waals surface area contributed by atoms with Gasteiger partial charge in [-0.25, -0.2) is 8.42 Å². The topological polar surface area (TPSA) is 37.4 Å². The van der Waals surface area contributed by atoms with Gasteiger partial charge >= 0.3 is 0 Å². The quantitative estimate of drug-likeness (QED) is 0.837. The molecular weight excluding hydrogens is 329 g/mol. The maximum absolute atomic E-state index is 12.6. The normalized spacial score (nSPS) is 11.9. The van der Waals surface area contributed by atoms with Gasteiger partial charge < -0.3 is 0 Å². The maximum atomic E-state index is 12.6. The Balaban J connectivity index is 2.31. The molecule has 0 saturated heterocycles. The van der Waals surface area contributed by atoms with E-state index in [2.05, 4.69) is 0 Å². The van der Waals surface area contributed by atoms with E-state index in [4.69, 9.17) is 23.2 Å². The van der Waals surface area contributed by atoms with Crippen molar-refractivity contribution in [3.8, 4) is 0 Å². The fourth-order valence-corrected chi connectivity index (χ4v) is 4.01. The predicted molar refractivity (Wildman–Crippen MR) is 86.3 cm³/mol. The van der Waals surface area contributed by atoms with Crippen LogP contribution < -0.4 is 0 Å². The lowest BCUT2D eigenvalue weighted by molar-refractivity contribution is 0.466. The fourth-order valence-electron chi connectivity index (χ4n) is 2.06. The van der Waals surface area contributed by atoms with Gasteiger partial charge in [-0.1, -0.05) is 41.4 Å². The van der Waals surface area contributed by atoms with Crippen molar-refractivity contribution < 1.29 is 8.42 Å². The number of nitrogens with zero attached hydrogens (tertiary/aromatic N) is 1. The van der Waals surface area contributed by atoms with Crippen LogP contribution in [0.25, 0.3) is 0 Å². The summed E-state index contributed by atoms with van der Waals surface area (Å²) < 4.78 is 26.5. The zero-order chi connectivity index (χ0) is 15.6. The Labute approximate surface area is 135 Å². The van der Waals surface area contributed by atoms with Gasteiger partial charge in [0.1, 0.15) is 0 Å². The fraction of sp³-hybridized carbons (Fsp3) is 0.200. The summed E-state index contributed by atoms with van der Waals surface area (Å²) in [4.78, 5) is 0.306. The molecule has 0 amide bonds. The van der Waals surface area contributed by atoms with Crippen LogP contribution in [0.2, 0.25) is 10.0 Å². The number of hydrogen-bond donors (Lipinski definition) is 0. The van der Waals surface area contributed by atoms with Crippen LogP contribution in [-0.2, 0) is 16.6 Å². The summed E-state index contributed by atoms with van der Waals surface area (Å²) in [7, 11) is -2.01. The van der Waals surface area contributed by atoms with Gasteiger partial charge in [-0.05, 0) is 42.3 Å². The first kappa shape index (κ1) is 16.3.